The Morgan fingerprint density at radius 3 is 2.47 bits per heavy atom. The van der Waals surface area contributed by atoms with Crippen molar-refractivity contribution in [2.24, 2.45) is 5.92 Å². The number of aromatic carboxylic acids is 1. The van der Waals surface area contributed by atoms with Crippen molar-refractivity contribution in [1.82, 2.24) is 0 Å². The van der Waals surface area contributed by atoms with Gasteiger partial charge < -0.3 is 10.4 Å². The van der Waals surface area contributed by atoms with Crippen LogP contribution < -0.4 is 5.32 Å². The maximum Gasteiger partial charge on any atom is 0.335 e. The van der Waals surface area contributed by atoms with E-state index in [4.69, 9.17) is 5.11 Å². The first-order chi connectivity index (χ1) is 7.95. The number of hydrogen-bond donors (Lipinski definition) is 2. The molecular formula is C13H17NO3. The van der Waals surface area contributed by atoms with E-state index in [0.717, 1.165) is 5.56 Å². The lowest BCUT2D eigenvalue weighted by atomic mass is 10.0. The van der Waals surface area contributed by atoms with Gasteiger partial charge in [-0.2, -0.15) is 0 Å². The van der Waals surface area contributed by atoms with Gasteiger partial charge in [-0.1, -0.05) is 20.8 Å². The van der Waals surface area contributed by atoms with E-state index in [1.54, 1.807) is 12.1 Å². The average Bonchev–Trinajstić information content (AvgIpc) is 2.28. The second-order valence-corrected chi connectivity index (χ2v) is 4.17. The largest absolute Gasteiger partial charge is 0.478 e. The topological polar surface area (TPSA) is 66.4 Å². The molecule has 17 heavy (non-hydrogen) atoms. The van der Waals surface area contributed by atoms with Gasteiger partial charge in [-0.05, 0) is 30.2 Å². The lowest BCUT2D eigenvalue weighted by Crippen LogP contribution is -2.18. The van der Waals surface area contributed by atoms with Gasteiger partial charge in [-0.15, -0.1) is 0 Å². The van der Waals surface area contributed by atoms with Crippen molar-refractivity contribution < 1.29 is 14.7 Å². The van der Waals surface area contributed by atoms with Crippen molar-refractivity contribution >= 4 is 17.6 Å². The quantitative estimate of drug-likeness (QED) is 0.842. The summed E-state index contributed by atoms with van der Waals surface area (Å²) in [5.74, 6) is -1.11. The molecule has 0 aromatic heterocycles. The molecule has 1 amide bonds. The summed E-state index contributed by atoms with van der Waals surface area (Å²) in [6.07, 6.45) is 0.618. The molecule has 0 spiro atoms. The third kappa shape index (κ3) is 3.31. The van der Waals surface area contributed by atoms with E-state index in [0.29, 0.717) is 12.1 Å². The molecule has 1 aromatic rings. The van der Waals surface area contributed by atoms with Crippen LogP contribution in [0.1, 0.15) is 36.7 Å². The Balaban J connectivity index is 2.98. The standard InChI is InChI=1S/C13H17NO3/c1-4-9-7-10(14-12(15)8(2)3)5-6-11(9)13(16)17/h5-8H,4H2,1-3H3,(H,14,15)(H,16,17). The van der Waals surface area contributed by atoms with Crippen molar-refractivity contribution in [3.05, 3.63) is 29.3 Å². The summed E-state index contributed by atoms with van der Waals surface area (Å²) in [6.45, 7) is 5.50. The Kier molecular flexibility index (Phi) is 4.26. The first kappa shape index (κ1) is 13.2. The number of carboxylic acids is 1. The lowest BCUT2D eigenvalue weighted by molar-refractivity contribution is -0.118. The molecule has 0 saturated heterocycles. The lowest BCUT2D eigenvalue weighted by Gasteiger charge is -2.10. The zero-order valence-corrected chi connectivity index (χ0v) is 10.3. The van der Waals surface area contributed by atoms with Crippen molar-refractivity contribution in [3.63, 3.8) is 0 Å². The van der Waals surface area contributed by atoms with Crippen molar-refractivity contribution in [2.45, 2.75) is 27.2 Å². The molecule has 0 radical (unpaired) electrons. The van der Waals surface area contributed by atoms with Crippen LogP contribution in [0.15, 0.2) is 18.2 Å². The van der Waals surface area contributed by atoms with Crippen LogP contribution >= 0.6 is 0 Å². The summed E-state index contributed by atoms with van der Waals surface area (Å²) in [5.41, 5.74) is 1.65. The molecule has 1 aromatic carbocycles. The van der Waals surface area contributed by atoms with E-state index >= 15 is 0 Å². The Bertz CT molecular complexity index is 438. The van der Waals surface area contributed by atoms with Crippen LogP contribution in [0.25, 0.3) is 0 Å². The Morgan fingerprint density at radius 1 is 1.35 bits per heavy atom. The Hall–Kier alpha value is -1.84. The summed E-state index contributed by atoms with van der Waals surface area (Å²) >= 11 is 0. The molecule has 0 aliphatic carbocycles. The number of anilines is 1. The van der Waals surface area contributed by atoms with Crippen molar-refractivity contribution in [3.8, 4) is 0 Å². The summed E-state index contributed by atoms with van der Waals surface area (Å²) in [6, 6.07) is 4.85. The smallest absolute Gasteiger partial charge is 0.335 e. The fourth-order valence-electron chi connectivity index (χ4n) is 1.46. The molecule has 0 atom stereocenters. The zero-order chi connectivity index (χ0) is 13.0. The van der Waals surface area contributed by atoms with E-state index in [1.807, 2.05) is 20.8 Å². The Labute approximate surface area is 101 Å². The highest BCUT2D eigenvalue weighted by Crippen LogP contribution is 2.17. The van der Waals surface area contributed by atoms with E-state index in [-0.39, 0.29) is 17.4 Å². The summed E-state index contributed by atoms with van der Waals surface area (Å²) in [5, 5.41) is 11.7. The normalized spacial score (nSPS) is 10.4. The number of benzene rings is 1. The van der Waals surface area contributed by atoms with Gasteiger partial charge in [0, 0.05) is 11.6 Å². The highest BCUT2D eigenvalue weighted by molar-refractivity contribution is 5.94. The number of aryl methyl sites for hydroxylation is 1. The first-order valence-electron chi connectivity index (χ1n) is 5.62. The highest BCUT2D eigenvalue weighted by Gasteiger charge is 2.11. The molecule has 1 rings (SSSR count). The number of nitrogens with one attached hydrogen (secondary N) is 1. The van der Waals surface area contributed by atoms with Crippen molar-refractivity contribution in [1.29, 1.82) is 0 Å². The number of carbonyl (C=O) groups is 2. The monoisotopic (exact) mass is 235 g/mol. The number of amides is 1. The second-order valence-electron chi connectivity index (χ2n) is 4.17. The second kappa shape index (κ2) is 5.48. The summed E-state index contributed by atoms with van der Waals surface area (Å²) in [7, 11) is 0. The summed E-state index contributed by atoms with van der Waals surface area (Å²) in [4.78, 5) is 22.4. The van der Waals surface area contributed by atoms with Gasteiger partial charge >= 0.3 is 5.97 Å². The van der Waals surface area contributed by atoms with E-state index in [9.17, 15) is 9.59 Å². The molecule has 0 heterocycles. The van der Waals surface area contributed by atoms with E-state index in [1.165, 1.54) is 6.07 Å². The fourth-order valence-corrected chi connectivity index (χ4v) is 1.46. The van der Waals surface area contributed by atoms with Gasteiger partial charge in [-0.25, -0.2) is 4.79 Å². The third-order valence-corrected chi connectivity index (χ3v) is 2.51. The zero-order valence-electron chi connectivity index (χ0n) is 10.3. The van der Waals surface area contributed by atoms with Crippen LogP contribution in [0.4, 0.5) is 5.69 Å². The maximum atomic E-state index is 11.5. The Morgan fingerprint density at radius 2 is 2.00 bits per heavy atom. The number of carbonyl (C=O) groups excluding carboxylic acids is 1. The van der Waals surface area contributed by atoms with Gasteiger partial charge in [0.05, 0.1) is 5.56 Å². The third-order valence-electron chi connectivity index (χ3n) is 2.51. The molecule has 2 N–H and O–H groups in total. The molecule has 0 saturated carbocycles. The minimum Gasteiger partial charge on any atom is -0.478 e. The average molecular weight is 235 g/mol. The molecule has 0 fully saturated rings. The molecular weight excluding hydrogens is 218 g/mol. The van der Waals surface area contributed by atoms with Crippen LogP contribution in [0.3, 0.4) is 0 Å². The van der Waals surface area contributed by atoms with Gasteiger partial charge in [0.1, 0.15) is 0 Å². The highest BCUT2D eigenvalue weighted by atomic mass is 16.4. The van der Waals surface area contributed by atoms with Gasteiger partial charge in [0.25, 0.3) is 0 Å². The maximum absolute atomic E-state index is 11.5. The predicted molar refractivity (Wildman–Crippen MR) is 66.2 cm³/mol. The minimum atomic E-state index is -0.941. The van der Waals surface area contributed by atoms with Crippen LogP contribution in [0, 0.1) is 5.92 Å². The van der Waals surface area contributed by atoms with E-state index < -0.39 is 5.97 Å². The summed E-state index contributed by atoms with van der Waals surface area (Å²) < 4.78 is 0. The van der Waals surface area contributed by atoms with Crippen LogP contribution in [-0.4, -0.2) is 17.0 Å². The molecule has 4 nitrogen and oxygen atoms in total. The van der Waals surface area contributed by atoms with Gasteiger partial charge in [0.2, 0.25) is 5.91 Å². The molecule has 0 aliphatic rings. The number of hydrogen-bond acceptors (Lipinski definition) is 2. The van der Waals surface area contributed by atoms with Crippen molar-refractivity contribution in [2.75, 3.05) is 5.32 Å². The molecule has 92 valence electrons. The number of rotatable bonds is 4. The molecule has 4 heteroatoms. The molecule has 0 bridgehead atoms. The SMILES string of the molecule is CCc1cc(NC(=O)C(C)C)ccc1C(=O)O. The molecule has 0 aliphatic heterocycles. The van der Waals surface area contributed by atoms with Crippen LogP contribution in [-0.2, 0) is 11.2 Å². The minimum absolute atomic E-state index is 0.0740. The molecule has 0 unspecified atom stereocenters. The fraction of sp³-hybridized carbons (Fsp3) is 0.385. The van der Waals surface area contributed by atoms with E-state index in [2.05, 4.69) is 5.32 Å². The van der Waals surface area contributed by atoms with Gasteiger partial charge in [0.15, 0.2) is 0 Å². The van der Waals surface area contributed by atoms with Gasteiger partial charge in [-0.3, -0.25) is 4.79 Å². The van der Waals surface area contributed by atoms with Crippen LogP contribution in [0.5, 0.6) is 0 Å². The first-order valence-corrected chi connectivity index (χ1v) is 5.62. The predicted octanol–water partition coefficient (Wildman–Crippen LogP) is 2.54. The number of carboxylic acid groups (broad SMARTS) is 1. The van der Waals surface area contributed by atoms with Crippen LogP contribution in [0.2, 0.25) is 0 Å².